The Morgan fingerprint density at radius 2 is 2.15 bits per heavy atom. The molecule has 1 aromatic carbocycles. The molecule has 3 aliphatic heterocycles. The molecule has 1 spiro atoms. The lowest BCUT2D eigenvalue weighted by Gasteiger charge is -2.51. The Morgan fingerprint density at radius 1 is 1.30 bits per heavy atom. The van der Waals surface area contributed by atoms with E-state index in [9.17, 15) is 4.79 Å². The minimum atomic E-state index is -0.166. The van der Waals surface area contributed by atoms with E-state index in [0.29, 0.717) is 0 Å². The third-order valence-corrected chi connectivity index (χ3v) is 5.01. The smallest absolute Gasteiger partial charge is 0.233 e. The van der Waals surface area contributed by atoms with Crippen LogP contribution in [-0.4, -0.2) is 43.5 Å². The van der Waals surface area contributed by atoms with Crippen molar-refractivity contribution >= 4 is 11.6 Å². The highest BCUT2D eigenvalue weighted by molar-refractivity contribution is 5.99. The van der Waals surface area contributed by atoms with E-state index in [2.05, 4.69) is 27.7 Å². The molecule has 0 aliphatic carbocycles. The number of carbonyl (C=O) groups is 1. The molecular formula is C16H21N3O. The third-order valence-electron chi connectivity index (χ3n) is 5.01. The monoisotopic (exact) mass is 271 g/mol. The number of nitrogens with one attached hydrogen (secondary N) is 2. The molecule has 4 heteroatoms. The second-order valence-electron chi connectivity index (χ2n) is 6.60. The number of hydrogen-bond donors (Lipinski definition) is 2. The molecule has 106 valence electrons. The van der Waals surface area contributed by atoms with Crippen LogP contribution in [0.15, 0.2) is 24.3 Å². The van der Waals surface area contributed by atoms with Gasteiger partial charge in [-0.25, -0.2) is 0 Å². The molecule has 0 saturated carbocycles. The first-order chi connectivity index (χ1) is 9.75. The second-order valence-corrected chi connectivity index (χ2v) is 6.60. The van der Waals surface area contributed by atoms with Crippen LogP contribution in [0.5, 0.6) is 0 Å². The van der Waals surface area contributed by atoms with Gasteiger partial charge in [0.25, 0.3) is 0 Å². The standard InChI is InChI=1S/C16H21N3O/c20-15-16(7-13-3-1-2-4-14(13)18-15)10-19(11-16)9-12-5-6-17-8-12/h1-4,12,17H,5-11H2,(H,18,20). The summed E-state index contributed by atoms with van der Waals surface area (Å²) in [6.07, 6.45) is 2.17. The van der Waals surface area contributed by atoms with E-state index in [-0.39, 0.29) is 11.3 Å². The van der Waals surface area contributed by atoms with E-state index in [1.165, 1.54) is 12.0 Å². The zero-order valence-electron chi connectivity index (χ0n) is 11.7. The fourth-order valence-corrected chi connectivity index (χ4v) is 3.93. The molecular weight excluding hydrogens is 250 g/mol. The Hall–Kier alpha value is -1.39. The number of fused-ring (bicyclic) bond motifs is 1. The molecule has 2 saturated heterocycles. The normalized spacial score (nSPS) is 28.0. The molecule has 0 bridgehead atoms. The zero-order valence-corrected chi connectivity index (χ0v) is 11.7. The summed E-state index contributed by atoms with van der Waals surface area (Å²) in [6.45, 7) is 5.27. The number of hydrogen-bond acceptors (Lipinski definition) is 3. The maximum Gasteiger partial charge on any atom is 0.233 e. The number of benzene rings is 1. The fraction of sp³-hybridized carbons (Fsp3) is 0.562. The first kappa shape index (κ1) is 12.4. The summed E-state index contributed by atoms with van der Waals surface area (Å²) >= 11 is 0. The molecule has 3 heterocycles. The van der Waals surface area contributed by atoms with Crippen molar-refractivity contribution in [3.8, 4) is 0 Å². The van der Waals surface area contributed by atoms with E-state index in [1.54, 1.807) is 0 Å². The van der Waals surface area contributed by atoms with Crippen molar-refractivity contribution in [3.05, 3.63) is 29.8 Å². The van der Waals surface area contributed by atoms with Gasteiger partial charge in [0, 0.05) is 25.3 Å². The number of rotatable bonds is 2. The second kappa shape index (κ2) is 4.57. The van der Waals surface area contributed by atoms with Crippen molar-refractivity contribution in [2.75, 3.05) is 38.0 Å². The number of carbonyl (C=O) groups excluding carboxylic acids is 1. The maximum atomic E-state index is 12.4. The van der Waals surface area contributed by atoms with E-state index >= 15 is 0 Å². The topological polar surface area (TPSA) is 44.4 Å². The van der Waals surface area contributed by atoms with Crippen molar-refractivity contribution in [1.29, 1.82) is 0 Å². The summed E-state index contributed by atoms with van der Waals surface area (Å²) in [6, 6.07) is 8.18. The summed E-state index contributed by atoms with van der Waals surface area (Å²) < 4.78 is 0. The molecule has 1 amide bonds. The molecule has 4 nitrogen and oxygen atoms in total. The molecule has 1 atom stereocenters. The molecule has 1 unspecified atom stereocenters. The van der Waals surface area contributed by atoms with Crippen LogP contribution in [0, 0.1) is 11.3 Å². The Kier molecular flexibility index (Phi) is 2.82. The Labute approximate surface area is 119 Å². The number of nitrogens with zero attached hydrogens (tertiary/aromatic N) is 1. The van der Waals surface area contributed by atoms with Crippen molar-refractivity contribution in [2.45, 2.75) is 12.8 Å². The summed E-state index contributed by atoms with van der Waals surface area (Å²) in [4.78, 5) is 14.8. The van der Waals surface area contributed by atoms with E-state index in [4.69, 9.17) is 0 Å². The van der Waals surface area contributed by atoms with E-state index in [1.807, 2.05) is 12.1 Å². The van der Waals surface area contributed by atoms with Gasteiger partial charge < -0.3 is 15.5 Å². The van der Waals surface area contributed by atoms with Crippen LogP contribution < -0.4 is 10.6 Å². The summed E-state index contributed by atoms with van der Waals surface area (Å²) in [5, 5.41) is 6.50. The largest absolute Gasteiger partial charge is 0.325 e. The Bertz CT molecular complexity index is 530. The van der Waals surface area contributed by atoms with Crippen LogP contribution in [0.2, 0.25) is 0 Å². The predicted molar refractivity (Wildman–Crippen MR) is 78.6 cm³/mol. The van der Waals surface area contributed by atoms with Gasteiger partial charge in [-0.2, -0.15) is 0 Å². The van der Waals surface area contributed by atoms with Gasteiger partial charge >= 0.3 is 0 Å². The average molecular weight is 271 g/mol. The van der Waals surface area contributed by atoms with E-state index in [0.717, 1.165) is 50.7 Å². The third kappa shape index (κ3) is 1.95. The first-order valence-electron chi connectivity index (χ1n) is 7.58. The lowest BCUT2D eigenvalue weighted by molar-refractivity contribution is -0.137. The molecule has 20 heavy (non-hydrogen) atoms. The Morgan fingerprint density at radius 3 is 2.95 bits per heavy atom. The van der Waals surface area contributed by atoms with Crippen LogP contribution in [0.1, 0.15) is 12.0 Å². The Balaban J connectivity index is 1.44. The van der Waals surface area contributed by atoms with Gasteiger partial charge in [-0.3, -0.25) is 4.79 Å². The van der Waals surface area contributed by atoms with Crippen LogP contribution in [0.3, 0.4) is 0 Å². The maximum absolute atomic E-state index is 12.4. The summed E-state index contributed by atoms with van der Waals surface area (Å²) in [5.74, 6) is 0.989. The highest BCUT2D eigenvalue weighted by Crippen LogP contribution is 2.41. The molecule has 0 radical (unpaired) electrons. The van der Waals surface area contributed by atoms with Crippen LogP contribution in [0.4, 0.5) is 5.69 Å². The number of para-hydroxylation sites is 1. The average Bonchev–Trinajstić information content (AvgIpc) is 2.90. The minimum Gasteiger partial charge on any atom is -0.325 e. The van der Waals surface area contributed by atoms with Crippen LogP contribution >= 0.6 is 0 Å². The van der Waals surface area contributed by atoms with Gasteiger partial charge in [0.05, 0.1) is 5.41 Å². The van der Waals surface area contributed by atoms with Gasteiger partial charge in [-0.1, -0.05) is 18.2 Å². The molecule has 2 fully saturated rings. The summed E-state index contributed by atoms with van der Waals surface area (Å²) in [7, 11) is 0. The molecule has 4 rings (SSSR count). The van der Waals surface area contributed by atoms with Gasteiger partial charge in [0.15, 0.2) is 0 Å². The highest BCUT2D eigenvalue weighted by atomic mass is 16.2. The number of anilines is 1. The van der Waals surface area contributed by atoms with Gasteiger partial charge in [0.1, 0.15) is 0 Å². The predicted octanol–water partition coefficient (Wildman–Crippen LogP) is 1.09. The quantitative estimate of drug-likeness (QED) is 0.846. The fourth-order valence-electron chi connectivity index (χ4n) is 3.93. The SMILES string of the molecule is O=C1Nc2ccccc2CC12CN(CC1CCNC1)C2. The zero-order chi connectivity index (χ0) is 13.6. The van der Waals surface area contributed by atoms with Gasteiger partial charge in [-0.15, -0.1) is 0 Å². The molecule has 1 aromatic rings. The van der Waals surface area contributed by atoms with Crippen LogP contribution in [0.25, 0.3) is 0 Å². The molecule has 3 aliphatic rings. The minimum absolute atomic E-state index is 0.166. The van der Waals surface area contributed by atoms with Crippen molar-refractivity contribution < 1.29 is 4.79 Å². The lowest BCUT2D eigenvalue weighted by atomic mass is 9.71. The van der Waals surface area contributed by atoms with Crippen molar-refractivity contribution in [3.63, 3.8) is 0 Å². The molecule has 0 aromatic heterocycles. The van der Waals surface area contributed by atoms with Gasteiger partial charge in [0.2, 0.25) is 5.91 Å². The van der Waals surface area contributed by atoms with Crippen molar-refractivity contribution in [1.82, 2.24) is 10.2 Å². The van der Waals surface area contributed by atoms with E-state index < -0.39 is 0 Å². The summed E-state index contributed by atoms with van der Waals surface area (Å²) in [5.41, 5.74) is 2.12. The lowest BCUT2D eigenvalue weighted by Crippen LogP contribution is -2.64. The van der Waals surface area contributed by atoms with Crippen LogP contribution in [-0.2, 0) is 11.2 Å². The van der Waals surface area contributed by atoms with Gasteiger partial charge in [-0.05, 0) is 43.5 Å². The number of amides is 1. The number of likely N-dealkylation sites (tertiary alicyclic amines) is 1. The first-order valence-corrected chi connectivity index (χ1v) is 7.58. The highest BCUT2D eigenvalue weighted by Gasteiger charge is 2.51. The molecule has 2 N–H and O–H groups in total. The van der Waals surface area contributed by atoms with Crippen molar-refractivity contribution in [2.24, 2.45) is 11.3 Å².